The zero-order valence-corrected chi connectivity index (χ0v) is 15.9. The fourth-order valence-corrected chi connectivity index (χ4v) is 3.91. The van der Waals surface area contributed by atoms with Gasteiger partial charge in [0.2, 0.25) is 5.91 Å². The third-order valence-corrected chi connectivity index (χ3v) is 5.24. The molecular weight excluding hydrogens is 353 g/mol. The summed E-state index contributed by atoms with van der Waals surface area (Å²) in [5.41, 5.74) is 4.12. The Labute approximate surface area is 164 Å². The second kappa shape index (κ2) is 7.85. The second-order valence-corrected chi connectivity index (χ2v) is 7.01. The minimum Gasteiger partial charge on any atom is -0.337 e. The summed E-state index contributed by atoms with van der Waals surface area (Å²) >= 11 is 0. The van der Waals surface area contributed by atoms with Gasteiger partial charge in [0.25, 0.3) is 0 Å². The van der Waals surface area contributed by atoms with Crippen LogP contribution in [0.4, 0.5) is 4.39 Å². The van der Waals surface area contributed by atoms with E-state index in [9.17, 15) is 9.18 Å². The van der Waals surface area contributed by atoms with E-state index in [1.54, 1.807) is 25.3 Å². The average Bonchev–Trinajstić information content (AvgIpc) is 3.01. The molecule has 0 atom stereocenters. The van der Waals surface area contributed by atoms with Crippen LogP contribution in [0, 0.1) is 17.7 Å². The first-order chi connectivity index (χ1) is 13.7. The maximum absolute atomic E-state index is 13.7. The van der Waals surface area contributed by atoms with E-state index in [0.29, 0.717) is 32.5 Å². The highest BCUT2D eigenvalue weighted by Gasteiger charge is 2.26. The van der Waals surface area contributed by atoms with Crippen LogP contribution in [0.1, 0.15) is 36.6 Å². The third-order valence-electron chi connectivity index (χ3n) is 5.24. The molecule has 1 aromatic carbocycles. The van der Waals surface area contributed by atoms with E-state index >= 15 is 0 Å². The minimum absolute atomic E-state index is 0.129. The van der Waals surface area contributed by atoms with Crippen molar-refractivity contribution in [3.8, 4) is 11.8 Å². The summed E-state index contributed by atoms with van der Waals surface area (Å²) in [5, 5.41) is 1.12. The van der Waals surface area contributed by atoms with Crippen LogP contribution in [0.2, 0.25) is 0 Å². The molecule has 0 aliphatic carbocycles. The molecule has 0 N–H and O–H groups in total. The lowest BCUT2D eigenvalue weighted by atomic mass is 10.0. The summed E-state index contributed by atoms with van der Waals surface area (Å²) in [4.78, 5) is 19.1. The Kier molecular flexibility index (Phi) is 5.12. The molecule has 3 aromatic rings. The van der Waals surface area contributed by atoms with Gasteiger partial charge in [0.05, 0.1) is 6.54 Å². The van der Waals surface area contributed by atoms with Gasteiger partial charge in [-0.3, -0.25) is 4.79 Å². The van der Waals surface area contributed by atoms with E-state index in [0.717, 1.165) is 28.7 Å². The number of amides is 1. The van der Waals surface area contributed by atoms with Gasteiger partial charge in [-0.05, 0) is 48.7 Å². The highest BCUT2D eigenvalue weighted by Crippen LogP contribution is 2.30. The number of carbonyl (C=O) groups is 1. The largest absolute Gasteiger partial charge is 0.337 e. The number of rotatable bonds is 4. The third kappa shape index (κ3) is 3.50. The molecule has 0 unspecified atom stereocenters. The fraction of sp³-hybridized carbons (Fsp3) is 0.304. The Hall–Kier alpha value is -3.13. The average molecular weight is 375 g/mol. The van der Waals surface area contributed by atoms with Crippen LogP contribution >= 0.6 is 0 Å². The number of carbonyl (C=O) groups excluding carboxylic acids is 1. The Balaban J connectivity index is 1.69. The molecule has 1 aliphatic heterocycles. The zero-order valence-electron chi connectivity index (χ0n) is 15.9. The first kappa shape index (κ1) is 18.2. The Morgan fingerprint density at radius 2 is 2.18 bits per heavy atom. The van der Waals surface area contributed by atoms with Crippen LogP contribution in [-0.2, 0) is 24.3 Å². The maximum Gasteiger partial charge on any atom is 0.223 e. The predicted molar refractivity (Wildman–Crippen MR) is 107 cm³/mol. The molecule has 4 rings (SSSR count). The van der Waals surface area contributed by atoms with Crippen LogP contribution in [-0.4, -0.2) is 26.9 Å². The summed E-state index contributed by atoms with van der Waals surface area (Å²) in [6, 6.07) is 10.7. The van der Waals surface area contributed by atoms with Gasteiger partial charge in [0.1, 0.15) is 11.5 Å². The molecular formula is C23H22FN3O. The standard InChI is InChI=1S/C23H22FN3O/c1-2-3-4-10-22(28)26-13-11-19-20-9-6-12-25-23(20)27(21(19)16-26)15-17-7-5-8-18(24)14-17/h5-9,12,14H,4,10-11,13,15-16H2,1H3. The van der Waals surface area contributed by atoms with E-state index < -0.39 is 0 Å². The van der Waals surface area contributed by atoms with Gasteiger partial charge >= 0.3 is 0 Å². The number of pyridine rings is 1. The molecule has 0 fully saturated rings. The summed E-state index contributed by atoms with van der Waals surface area (Å²) in [5.74, 6) is 5.68. The minimum atomic E-state index is -0.246. The van der Waals surface area contributed by atoms with E-state index in [4.69, 9.17) is 0 Å². The Morgan fingerprint density at radius 3 is 3.00 bits per heavy atom. The molecule has 0 spiro atoms. The van der Waals surface area contributed by atoms with Crippen molar-refractivity contribution < 1.29 is 9.18 Å². The van der Waals surface area contributed by atoms with Gasteiger partial charge in [-0.2, -0.15) is 0 Å². The quantitative estimate of drug-likeness (QED) is 0.649. The fourth-order valence-electron chi connectivity index (χ4n) is 3.91. The molecule has 3 heterocycles. The monoisotopic (exact) mass is 375 g/mol. The smallest absolute Gasteiger partial charge is 0.223 e. The van der Waals surface area contributed by atoms with Gasteiger partial charge < -0.3 is 9.47 Å². The lowest BCUT2D eigenvalue weighted by molar-refractivity contribution is -0.132. The summed E-state index contributed by atoms with van der Waals surface area (Å²) in [6.07, 6.45) is 3.62. The summed E-state index contributed by atoms with van der Waals surface area (Å²) in [7, 11) is 0. The molecule has 142 valence electrons. The number of fused-ring (bicyclic) bond motifs is 3. The lowest BCUT2D eigenvalue weighted by Gasteiger charge is -2.28. The molecule has 5 heteroatoms. The maximum atomic E-state index is 13.7. The van der Waals surface area contributed by atoms with Crippen LogP contribution in [0.15, 0.2) is 42.6 Å². The molecule has 0 saturated heterocycles. The highest BCUT2D eigenvalue weighted by atomic mass is 19.1. The van der Waals surface area contributed by atoms with Crippen molar-refractivity contribution in [1.29, 1.82) is 0 Å². The molecule has 0 saturated carbocycles. The van der Waals surface area contributed by atoms with Crippen molar-refractivity contribution >= 4 is 16.9 Å². The highest BCUT2D eigenvalue weighted by molar-refractivity contribution is 5.84. The molecule has 2 aromatic heterocycles. The second-order valence-electron chi connectivity index (χ2n) is 7.01. The van der Waals surface area contributed by atoms with E-state index in [2.05, 4.69) is 27.5 Å². The molecule has 0 radical (unpaired) electrons. The van der Waals surface area contributed by atoms with Gasteiger partial charge in [-0.25, -0.2) is 9.37 Å². The molecule has 0 bridgehead atoms. The predicted octanol–water partition coefficient (Wildman–Crippen LogP) is 3.91. The van der Waals surface area contributed by atoms with E-state index in [1.807, 2.05) is 17.0 Å². The first-order valence-electron chi connectivity index (χ1n) is 9.54. The zero-order chi connectivity index (χ0) is 19.5. The van der Waals surface area contributed by atoms with Crippen LogP contribution in [0.5, 0.6) is 0 Å². The van der Waals surface area contributed by atoms with Gasteiger partial charge in [-0.15, -0.1) is 11.8 Å². The Morgan fingerprint density at radius 1 is 1.29 bits per heavy atom. The lowest BCUT2D eigenvalue weighted by Crippen LogP contribution is -2.36. The van der Waals surface area contributed by atoms with Crippen LogP contribution in [0.25, 0.3) is 11.0 Å². The molecule has 1 amide bonds. The molecule has 28 heavy (non-hydrogen) atoms. The number of aromatic nitrogens is 2. The SMILES string of the molecule is CC#CCCC(=O)N1CCc2c(n(Cc3cccc(F)c3)c3ncccc23)C1. The normalized spacial score (nSPS) is 13.1. The summed E-state index contributed by atoms with van der Waals surface area (Å²) in [6.45, 7) is 3.58. The first-order valence-corrected chi connectivity index (χ1v) is 9.54. The van der Waals surface area contributed by atoms with E-state index in [1.165, 1.54) is 11.6 Å². The van der Waals surface area contributed by atoms with Gasteiger partial charge in [-0.1, -0.05) is 12.1 Å². The van der Waals surface area contributed by atoms with Crippen LogP contribution in [0.3, 0.4) is 0 Å². The molecule has 4 nitrogen and oxygen atoms in total. The van der Waals surface area contributed by atoms with Crippen LogP contribution < -0.4 is 0 Å². The number of halogens is 1. The van der Waals surface area contributed by atoms with Crippen molar-refractivity contribution in [3.63, 3.8) is 0 Å². The van der Waals surface area contributed by atoms with Gasteiger partial charge in [0, 0.05) is 43.2 Å². The van der Waals surface area contributed by atoms with Crippen molar-refractivity contribution in [2.75, 3.05) is 6.54 Å². The number of hydrogen-bond acceptors (Lipinski definition) is 2. The van der Waals surface area contributed by atoms with Crippen molar-refractivity contribution in [2.24, 2.45) is 0 Å². The number of nitrogens with zero attached hydrogens (tertiary/aromatic N) is 3. The van der Waals surface area contributed by atoms with E-state index in [-0.39, 0.29) is 11.7 Å². The summed E-state index contributed by atoms with van der Waals surface area (Å²) < 4.78 is 15.8. The van der Waals surface area contributed by atoms with Crippen molar-refractivity contribution in [2.45, 2.75) is 39.3 Å². The molecule has 1 aliphatic rings. The Bertz CT molecular complexity index is 1090. The topological polar surface area (TPSA) is 38.1 Å². The number of hydrogen-bond donors (Lipinski definition) is 0. The van der Waals surface area contributed by atoms with Crippen molar-refractivity contribution in [3.05, 3.63) is 65.2 Å². The number of benzene rings is 1. The van der Waals surface area contributed by atoms with Gasteiger partial charge in [0.15, 0.2) is 0 Å². The van der Waals surface area contributed by atoms with Crippen molar-refractivity contribution in [1.82, 2.24) is 14.5 Å².